The molecule has 0 saturated carbocycles. The van der Waals surface area contributed by atoms with Crippen LogP contribution >= 0.6 is 18.7 Å². The molecule has 3 aromatic rings. The number of nitrogens with two attached hydrogens (primary N) is 1. The Morgan fingerprint density at radius 3 is 2.61 bits per heavy atom. The van der Waals surface area contributed by atoms with Crippen LogP contribution in [0.25, 0.3) is 0 Å². The van der Waals surface area contributed by atoms with E-state index in [1.165, 1.54) is 13.3 Å². The predicted molar refractivity (Wildman–Crippen MR) is 131 cm³/mol. The number of methoxy groups -OCH3 is 1. The number of carboxylic acid groups (broad SMARTS) is 1. The van der Waals surface area contributed by atoms with Crippen molar-refractivity contribution in [2.45, 2.75) is 12.5 Å². The van der Waals surface area contributed by atoms with Crippen molar-refractivity contribution in [3.8, 4) is 5.75 Å². The van der Waals surface area contributed by atoms with Crippen LogP contribution in [0.5, 0.6) is 5.75 Å². The van der Waals surface area contributed by atoms with Crippen molar-refractivity contribution in [1.29, 1.82) is 0 Å². The summed E-state index contributed by atoms with van der Waals surface area (Å²) in [4.78, 5) is 19.7. The van der Waals surface area contributed by atoms with Gasteiger partial charge < -0.3 is 30.8 Å². The van der Waals surface area contributed by atoms with Gasteiger partial charge in [0.1, 0.15) is 24.0 Å². The SMILES string of the molecule is COc1cc(CC(N)C(=O)O)ccc1Nc1ncc(Cl)c(Nc2ccccc2P(C)(C)=O)n1. The molecule has 1 aromatic heterocycles. The number of anilines is 4. The fourth-order valence-electron chi connectivity index (χ4n) is 3.12. The van der Waals surface area contributed by atoms with Crippen molar-refractivity contribution >= 4 is 53.2 Å². The van der Waals surface area contributed by atoms with Crippen molar-refractivity contribution in [2.24, 2.45) is 5.73 Å². The molecule has 1 atom stereocenters. The summed E-state index contributed by atoms with van der Waals surface area (Å²) in [6, 6.07) is 11.4. The summed E-state index contributed by atoms with van der Waals surface area (Å²) in [6.07, 6.45) is 1.61. The molecule has 0 aliphatic carbocycles. The number of halogens is 1. The minimum absolute atomic E-state index is 0.162. The van der Waals surface area contributed by atoms with Gasteiger partial charge in [-0.25, -0.2) is 4.98 Å². The first kappa shape index (κ1) is 24.5. The van der Waals surface area contributed by atoms with Gasteiger partial charge in [0, 0.05) is 5.30 Å². The van der Waals surface area contributed by atoms with Crippen molar-refractivity contribution in [2.75, 3.05) is 31.1 Å². The number of hydrogen-bond acceptors (Lipinski definition) is 8. The largest absolute Gasteiger partial charge is 0.495 e. The lowest BCUT2D eigenvalue weighted by Gasteiger charge is -2.16. The lowest BCUT2D eigenvalue weighted by Crippen LogP contribution is -2.32. The second-order valence-electron chi connectivity index (χ2n) is 7.69. The monoisotopic (exact) mass is 489 g/mol. The zero-order chi connectivity index (χ0) is 24.2. The minimum Gasteiger partial charge on any atom is -0.495 e. The molecule has 1 unspecified atom stereocenters. The molecule has 9 nitrogen and oxygen atoms in total. The highest BCUT2D eigenvalue weighted by Gasteiger charge is 2.18. The van der Waals surface area contributed by atoms with E-state index in [0.717, 1.165) is 0 Å². The molecule has 0 saturated heterocycles. The number of nitrogens with zero attached hydrogens (tertiary/aromatic N) is 2. The van der Waals surface area contributed by atoms with Crippen LogP contribution < -0.4 is 26.4 Å². The van der Waals surface area contributed by atoms with E-state index >= 15 is 0 Å². The van der Waals surface area contributed by atoms with Crippen LogP contribution in [-0.4, -0.2) is 47.5 Å². The van der Waals surface area contributed by atoms with E-state index in [2.05, 4.69) is 20.6 Å². The molecule has 1 heterocycles. The maximum atomic E-state index is 12.7. The lowest BCUT2D eigenvalue weighted by molar-refractivity contribution is -0.138. The van der Waals surface area contributed by atoms with Gasteiger partial charge in [-0.3, -0.25) is 4.79 Å². The number of nitrogens with one attached hydrogen (secondary N) is 2. The number of benzene rings is 2. The molecule has 0 bridgehead atoms. The van der Waals surface area contributed by atoms with E-state index in [0.29, 0.717) is 38.8 Å². The molecule has 0 amide bonds. The molecule has 5 N–H and O–H groups in total. The first-order valence-corrected chi connectivity index (χ1v) is 12.9. The third-order valence-corrected chi connectivity index (χ3v) is 6.59. The Kier molecular flexibility index (Phi) is 7.58. The molecule has 0 aliphatic heterocycles. The van der Waals surface area contributed by atoms with E-state index in [1.54, 1.807) is 37.6 Å². The Morgan fingerprint density at radius 2 is 1.94 bits per heavy atom. The quantitative estimate of drug-likeness (QED) is 0.330. The van der Waals surface area contributed by atoms with Crippen molar-refractivity contribution in [1.82, 2.24) is 9.97 Å². The number of hydrogen-bond donors (Lipinski definition) is 4. The van der Waals surface area contributed by atoms with Gasteiger partial charge in [0.25, 0.3) is 0 Å². The molecule has 11 heteroatoms. The molecule has 0 aliphatic rings. The van der Waals surface area contributed by atoms with Gasteiger partial charge >= 0.3 is 5.97 Å². The summed E-state index contributed by atoms with van der Waals surface area (Å²) in [7, 11) is -1.03. The summed E-state index contributed by atoms with van der Waals surface area (Å²) in [5, 5.41) is 16.2. The van der Waals surface area contributed by atoms with Crippen molar-refractivity contribution < 1.29 is 19.2 Å². The smallest absolute Gasteiger partial charge is 0.320 e. The number of ether oxygens (including phenoxy) is 1. The summed E-state index contributed by atoms with van der Waals surface area (Å²) in [5.41, 5.74) is 7.56. The Hall–Kier alpha value is -3.13. The van der Waals surface area contributed by atoms with Crippen LogP contribution in [0.4, 0.5) is 23.1 Å². The number of carboxylic acids is 1. The third-order valence-electron chi connectivity index (χ3n) is 4.77. The summed E-state index contributed by atoms with van der Waals surface area (Å²) in [5.74, 6) is -0.00170. The van der Waals surface area contributed by atoms with Crippen molar-refractivity contribution in [3.05, 3.63) is 59.2 Å². The third kappa shape index (κ3) is 6.22. The van der Waals surface area contributed by atoms with Gasteiger partial charge in [-0.05, 0) is 49.6 Å². The standard InChI is InChI=1S/C22H25ClN5O4P/c1-32-18-11-13(10-15(24)21(29)30)8-9-16(18)27-22-25-12-14(23)20(28-22)26-17-6-4-5-7-19(17)33(2,3)31/h4-9,11-12,15H,10,24H2,1-3H3,(H,29,30)(H2,25,26,27,28). The first-order chi connectivity index (χ1) is 15.6. The highest BCUT2D eigenvalue weighted by molar-refractivity contribution is 7.70. The van der Waals surface area contributed by atoms with Gasteiger partial charge in [0.15, 0.2) is 5.82 Å². The summed E-state index contributed by atoms with van der Waals surface area (Å²) >= 11 is 6.30. The molecule has 3 rings (SSSR count). The average molecular weight is 490 g/mol. The molecule has 33 heavy (non-hydrogen) atoms. The number of aromatic nitrogens is 2. The number of rotatable bonds is 9. The Morgan fingerprint density at radius 1 is 1.21 bits per heavy atom. The summed E-state index contributed by atoms with van der Waals surface area (Å²) in [6.45, 7) is 3.39. The lowest BCUT2D eigenvalue weighted by atomic mass is 10.1. The van der Waals surface area contributed by atoms with Gasteiger partial charge in [0.05, 0.1) is 24.7 Å². The molecule has 0 fully saturated rings. The number of carbonyl (C=O) groups is 1. The minimum atomic E-state index is -2.53. The van der Waals surface area contributed by atoms with E-state index in [9.17, 15) is 9.36 Å². The number of para-hydroxylation sites is 1. The van der Waals surface area contributed by atoms with Gasteiger partial charge in [-0.1, -0.05) is 29.8 Å². The molecular formula is C22H25ClN5O4P. The second kappa shape index (κ2) is 10.2. The van der Waals surface area contributed by atoms with E-state index in [-0.39, 0.29) is 12.4 Å². The van der Waals surface area contributed by atoms with Crippen LogP contribution in [-0.2, 0) is 15.8 Å². The van der Waals surface area contributed by atoms with E-state index in [1.807, 2.05) is 18.2 Å². The van der Waals surface area contributed by atoms with E-state index < -0.39 is 19.2 Å². The highest BCUT2D eigenvalue weighted by atomic mass is 35.5. The van der Waals surface area contributed by atoms with Crippen LogP contribution in [0.1, 0.15) is 5.56 Å². The molecular weight excluding hydrogens is 465 g/mol. The molecule has 0 spiro atoms. The van der Waals surface area contributed by atoms with Crippen molar-refractivity contribution in [3.63, 3.8) is 0 Å². The average Bonchev–Trinajstić information content (AvgIpc) is 2.76. The predicted octanol–water partition coefficient (Wildman–Crippen LogP) is 3.83. The van der Waals surface area contributed by atoms with E-state index in [4.69, 9.17) is 27.2 Å². The fraction of sp³-hybridized carbons (Fsp3) is 0.227. The van der Waals surface area contributed by atoms with Gasteiger partial charge in [-0.2, -0.15) is 4.98 Å². The van der Waals surface area contributed by atoms with Crippen LogP contribution in [0.15, 0.2) is 48.7 Å². The van der Waals surface area contributed by atoms with Gasteiger partial charge in [0.2, 0.25) is 5.95 Å². The second-order valence-corrected chi connectivity index (χ2v) is 11.3. The highest BCUT2D eigenvalue weighted by Crippen LogP contribution is 2.38. The van der Waals surface area contributed by atoms with Crippen LogP contribution in [0, 0.1) is 0 Å². The maximum Gasteiger partial charge on any atom is 0.320 e. The Bertz CT molecular complexity index is 1220. The first-order valence-electron chi connectivity index (χ1n) is 9.95. The molecule has 0 radical (unpaired) electrons. The zero-order valence-electron chi connectivity index (χ0n) is 18.4. The topological polar surface area (TPSA) is 139 Å². The molecule has 174 valence electrons. The number of aliphatic carboxylic acids is 1. The normalized spacial score (nSPS) is 12.2. The molecule has 2 aromatic carbocycles. The fourth-order valence-corrected chi connectivity index (χ4v) is 4.41. The Labute approximate surface area is 196 Å². The maximum absolute atomic E-state index is 12.7. The van der Waals surface area contributed by atoms with Crippen LogP contribution in [0.2, 0.25) is 5.02 Å². The summed E-state index contributed by atoms with van der Waals surface area (Å²) < 4.78 is 18.1. The van der Waals surface area contributed by atoms with Crippen LogP contribution in [0.3, 0.4) is 0 Å². The zero-order valence-corrected chi connectivity index (χ0v) is 20.0. The van der Waals surface area contributed by atoms with Gasteiger partial charge in [-0.15, -0.1) is 0 Å². The Balaban J connectivity index is 1.86.